The fraction of sp³-hybridized carbons (Fsp3) is 0.118. The summed E-state index contributed by atoms with van der Waals surface area (Å²) in [5.74, 6) is 1.43. The highest BCUT2D eigenvalue weighted by Gasteiger charge is 2.07. The number of anilines is 1. The zero-order valence-corrected chi connectivity index (χ0v) is 11.7. The molecule has 0 saturated heterocycles. The summed E-state index contributed by atoms with van der Waals surface area (Å²) in [7, 11) is 0. The van der Waals surface area contributed by atoms with Gasteiger partial charge < -0.3 is 15.6 Å². The third-order valence-electron chi connectivity index (χ3n) is 3.26. The highest BCUT2D eigenvalue weighted by molar-refractivity contribution is 5.88. The standard InChI is InChI=1S/C17H16N2O2/c1-11-8-17(15-9-13(18)4-7-16(15)19-11)21-14-5-2-12(10-20)3-6-14/h2-9,20H,10,18H2,1H3. The molecule has 0 spiro atoms. The van der Waals surface area contributed by atoms with E-state index >= 15 is 0 Å². The minimum absolute atomic E-state index is 0.0219. The molecule has 2 aromatic carbocycles. The molecule has 3 N–H and O–H groups in total. The zero-order valence-electron chi connectivity index (χ0n) is 11.7. The quantitative estimate of drug-likeness (QED) is 0.721. The van der Waals surface area contributed by atoms with E-state index in [-0.39, 0.29) is 6.61 Å². The van der Waals surface area contributed by atoms with Crippen molar-refractivity contribution >= 4 is 16.6 Å². The van der Waals surface area contributed by atoms with E-state index in [2.05, 4.69) is 4.98 Å². The predicted molar refractivity (Wildman–Crippen MR) is 83.3 cm³/mol. The van der Waals surface area contributed by atoms with Crippen molar-refractivity contribution in [2.24, 2.45) is 0 Å². The molecule has 4 heteroatoms. The minimum atomic E-state index is 0.0219. The third-order valence-corrected chi connectivity index (χ3v) is 3.26. The van der Waals surface area contributed by atoms with Gasteiger partial charge in [0, 0.05) is 22.8 Å². The molecule has 0 aliphatic rings. The molecule has 3 rings (SSSR count). The van der Waals surface area contributed by atoms with Crippen LogP contribution in [0.5, 0.6) is 11.5 Å². The number of hydrogen-bond donors (Lipinski definition) is 2. The number of aliphatic hydroxyl groups excluding tert-OH is 1. The smallest absolute Gasteiger partial charge is 0.138 e. The molecule has 0 aliphatic carbocycles. The van der Waals surface area contributed by atoms with Crippen LogP contribution in [0.25, 0.3) is 10.9 Å². The Hall–Kier alpha value is -2.59. The van der Waals surface area contributed by atoms with Gasteiger partial charge in [0.05, 0.1) is 12.1 Å². The van der Waals surface area contributed by atoms with Crippen molar-refractivity contribution in [3.63, 3.8) is 0 Å². The molecular formula is C17H16N2O2. The van der Waals surface area contributed by atoms with Gasteiger partial charge in [0.25, 0.3) is 0 Å². The van der Waals surface area contributed by atoms with Crippen LogP contribution in [0.2, 0.25) is 0 Å². The van der Waals surface area contributed by atoms with Crippen LogP contribution < -0.4 is 10.5 Å². The lowest BCUT2D eigenvalue weighted by molar-refractivity contribution is 0.281. The maximum absolute atomic E-state index is 9.06. The Morgan fingerprint density at radius 3 is 2.57 bits per heavy atom. The average Bonchev–Trinajstić information content (AvgIpc) is 2.49. The molecule has 1 heterocycles. The fourth-order valence-corrected chi connectivity index (χ4v) is 2.21. The second kappa shape index (κ2) is 5.42. The molecule has 4 nitrogen and oxygen atoms in total. The lowest BCUT2D eigenvalue weighted by Crippen LogP contribution is -1.93. The first kappa shape index (κ1) is 13.4. The number of pyridine rings is 1. The molecule has 0 radical (unpaired) electrons. The zero-order chi connectivity index (χ0) is 14.8. The number of nitrogens with two attached hydrogens (primary N) is 1. The largest absolute Gasteiger partial charge is 0.457 e. The second-order valence-corrected chi connectivity index (χ2v) is 4.94. The van der Waals surface area contributed by atoms with Crippen LogP contribution in [0.4, 0.5) is 5.69 Å². The van der Waals surface area contributed by atoms with Crippen molar-refractivity contribution in [1.82, 2.24) is 4.98 Å². The van der Waals surface area contributed by atoms with Crippen LogP contribution in [0.1, 0.15) is 11.3 Å². The van der Waals surface area contributed by atoms with Crippen molar-refractivity contribution in [3.8, 4) is 11.5 Å². The Morgan fingerprint density at radius 1 is 1.10 bits per heavy atom. The summed E-state index contributed by atoms with van der Waals surface area (Å²) in [4.78, 5) is 4.48. The van der Waals surface area contributed by atoms with Crippen molar-refractivity contribution < 1.29 is 9.84 Å². The number of aromatic nitrogens is 1. The average molecular weight is 280 g/mol. The van der Waals surface area contributed by atoms with Gasteiger partial charge >= 0.3 is 0 Å². The first-order chi connectivity index (χ1) is 10.2. The van der Waals surface area contributed by atoms with Crippen LogP contribution >= 0.6 is 0 Å². The van der Waals surface area contributed by atoms with Crippen molar-refractivity contribution in [2.75, 3.05) is 5.73 Å². The van der Waals surface area contributed by atoms with Gasteiger partial charge in [-0.1, -0.05) is 12.1 Å². The molecule has 0 amide bonds. The lowest BCUT2D eigenvalue weighted by atomic mass is 10.1. The van der Waals surface area contributed by atoms with Crippen molar-refractivity contribution in [3.05, 3.63) is 59.8 Å². The highest BCUT2D eigenvalue weighted by atomic mass is 16.5. The number of fused-ring (bicyclic) bond motifs is 1. The Morgan fingerprint density at radius 2 is 1.86 bits per heavy atom. The van der Waals surface area contributed by atoms with Crippen LogP contribution in [0, 0.1) is 6.92 Å². The van der Waals surface area contributed by atoms with Gasteiger partial charge in [-0.15, -0.1) is 0 Å². The summed E-state index contributed by atoms with van der Waals surface area (Å²) in [5.41, 5.74) is 9.11. The summed E-state index contributed by atoms with van der Waals surface area (Å²) in [6.45, 7) is 1.95. The Kier molecular flexibility index (Phi) is 3.46. The number of nitrogen functional groups attached to an aromatic ring is 1. The molecule has 3 aromatic rings. The highest BCUT2D eigenvalue weighted by Crippen LogP contribution is 2.31. The summed E-state index contributed by atoms with van der Waals surface area (Å²) < 4.78 is 5.95. The van der Waals surface area contributed by atoms with E-state index in [0.29, 0.717) is 11.4 Å². The number of benzene rings is 2. The summed E-state index contributed by atoms with van der Waals surface area (Å²) in [6, 6.07) is 14.8. The van der Waals surface area contributed by atoms with Gasteiger partial charge in [0.15, 0.2) is 0 Å². The number of rotatable bonds is 3. The third kappa shape index (κ3) is 2.80. The fourth-order valence-electron chi connectivity index (χ4n) is 2.21. The molecule has 0 bridgehead atoms. The molecule has 0 fully saturated rings. The van der Waals surface area contributed by atoms with Crippen molar-refractivity contribution in [1.29, 1.82) is 0 Å². The molecule has 106 valence electrons. The van der Waals surface area contributed by atoms with E-state index in [1.54, 1.807) is 0 Å². The van der Waals surface area contributed by atoms with E-state index in [1.807, 2.05) is 55.5 Å². The van der Waals surface area contributed by atoms with Gasteiger partial charge in [0.2, 0.25) is 0 Å². The van der Waals surface area contributed by atoms with E-state index in [9.17, 15) is 0 Å². The topological polar surface area (TPSA) is 68.4 Å². The maximum Gasteiger partial charge on any atom is 0.138 e. The van der Waals surface area contributed by atoms with Gasteiger partial charge in [0.1, 0.15) is 11.5 Å². The van der Waals surface area contributed by atoms with Crippen LogP contribution in [0.15, 0.2) is 48.5 Å². The maximum atomic E-state index is 9.06. The predicted octanol–water partition coefficient (Wildman–Crippen LogP) is 3.41. The molecule has 0 aliphatic heterocycles. The molecule has 0 unspecified atom stereocenters. The molecule has 0 saturated carbocycles. The summed E-state index contributed by atoms with van der Waals surface area (Å²) >= 11 is 0. The monoisotopic (exact) mass is 280 g/mol. The first-order valence-electron chi connectivity index (χ1n) is 6.70. The van der Waals surface area contributed by atoms with Crippen LogP contribution in [0.3, 0.4) is 0 Å². The van der Waals surface area contributed by atoms with Gasteiger partial charge in [-0.25, -0.2) is 0 Å². The number of aryl methyl sites for hydroxylation is 1. The normalized spacial score (nSPS) is 10.8. The first-order valence-corrected chi connectivity index (χ1v) is 6.70. The SMILES string of the molecule is Cc1cc(Oc2ccc(CO)cc2)c2cc(N)ccc2n1. The number of hydrogen-bond acceptors (Lipinski definition) is 4. The molecule has 1 aromatic heterocycles. The van der Waals surface area contributed by atoms with E-state index < -0.39 is 0 Å². The van der Waals surface area contributed by atoms with Gasteiger partial charge in [-0.2, -0.15) is 0 Å². The van der Waals surface area contributed by atoms with E-state index in [1.165, 1.54) is 0 Å². The Balaban J connectivity index is 2.04. The number of ether oxygens (including phenoxy) is 1. The lowest BCUT2D eigenvalue weighted by Gasteiger charge is -2.11. The van der Waals surface area contributed by atoms with Crippen molar-refractivity contribution in [2.45, 2.75) is 13.5 Å². The molecular weight excluding hydrogens is 264 g/mol. The van der Waals surface area contributed by atoms with Gasteiger partial charge in [-0.05, 0) is 42.8 Å². The molecule has 0 atom stereocenters. The van der Waals surface area contributed by atoms with Crippen LogP contribution in [-0.2, 0) is 6.61 Å². The summed E-state index contributed by atoms with van der Waals surface area (Å²) in [6.07, 6.45) is 0. The Labute approximate surface area is 122 Å². The van der Waals surface area contributed by atoms with E-state index in [0.717, 1.165) is 27.9 Å². The Bertz CT molecular complexity index is 783. The number of aliphatic hydroxyl groups is 1. The second-order valence-electron chi connectivity index (χ2n) is 4.94. The van der Waals surface area contributed by atoms with E-state index in [4.69, 9.17) is 15.6 Å². The van der Waals surface area contributed by atoms with Gasteiger partial charge in [-0.3, -0.25) is 4.98 Å². The number of nitrogens with zero attached hydrogens (tertiary/aromatic N) is 1. The van der Waals surface area contributed by atoms with Crippen LogP contribution in [-0.4, -0.2) is 10.1 Å². The minimum Gasteiger partial charge on any atom is -0.457 e. The molecule has 21 heavy (non-hydrogen) atoms. The summed E-state index contributed by atoms with van der Waals surface area (Å²) in [5, 5.41) is 9.94.